The smallest absolute Gasteiger partial charge is 0.492 e. The Hall–Kier alpha value is -4.73. The lowest BCUT2D eigenvalue weighted by molar-refractivity contribution is 0.0693. The Morgan fingerprint density at radius 2 is 1.75 bits per heavy atom. The number of hydrogen-bond donors (Lipinski definition) is 4. The lowest BCUT2D eigenvalue weighted by Crippen LogP contribution is -2.54. The molecule has 1 aliphatic heterocycles. The first-order chi connectivity index (χ1) is 24.0. The fourth-order valence-electron chi connectivity index (χ4n) is 6.17. The van der Waals surface area contributed by atoms with Gasteiger partial charge in [0.1, 0.15) is 17.2 Å². The van der Waals surface area contributed by atoms with Gasteiger partial charge in [-0.3, -0.25) is 13.9 Å². The van der Waals surface area contributed by atoms with Crippen molar-refractivity contribution in [1.29, 1.82) is 0 Å². The molecule has 272 valence electrons. The summed E-state index contributed by atoms with van der Waals surface area (Å²) in [5.41, 5.74) is -0.789. The zero-order valence-electron chi connectivity index (χ0n) is 27.1. The molecule has 0 spiro atoms. The third-order valence-electron chi connectivity index (χ3n) is 8.63. The van der Waals surface area contributed by atoms with Gasteiger partial charge in [0.2, 0.25) is 12.8 Å². The number of carboxylic acid groups (broad SMARTS) is 1. The van der Waals surface area contributed by atoms with Crippen molar-refractivity contribution in [3.8, 4) is 17.1 Å². The minimum atomic E-state index is -4.80. The average molecular weight is 752 g/mol. The van der Waals surface area contributed by atoms with E-state index in [1.165, 1.54) is 30.3 Å². The van der Waals surface area contributed by atoms with Crippen LogP contribution < -0.4 is 26.2 Å². The van der Waals surface area contributed by atoms with Crippen molar-refractivity contribution < 1.29 is 61.2 Å². The predicted molar refractivity (Wildman–Crippen MR) is 178 cm³/mol. The summed E-state index contributed by atoms with van der Waals surface area (Å²) in [7, 11) is -7.87. The van der Waals surface area contributed by atoms with Gasteiger partial charge in [0.15, 0.2) is 29.7 Å². The van der Waals surface area contributed by atoms with Gasteiger partial charge in [0, 0.05) is 48.8 Å². The van der Waals surface area contributed by atoms with Crippen LogP contribution in [-0.4, -0.2) is 80.0 Å². The summed E-state index contributed by atoms with van der Waals surface area (Å²) in [5.74, 6) is -4.85. The summed E-state index contributed by atoms with van der Waals surface area (Å²) in [4.78, 5) is 81.4. The number of fused-ring (bicyclic) bond motifs is 1. The molecule has 0 bridgehead atoms. The number of aromatic carboxylic acids is 1. The number of pyridine rings is 1. The molecular formula is C31H32FN3O14P2. The Balaban J connectivity index is 1.18. The molecule has 2 atom stereocenters. The van der Waals surface area contributed by atoms with Crippen molar-refractivity contribution in [1.82, 2.24) is 9.47 Å². The summed E-state index contributed by atoms with van der Waals surface area (Å²) in [5, 5.41) is 9.22. The quantitative estimate of drug-likeness (QED) is 0.170. The molecule has 2 fully saturated rings. The van der Waals surface area contributed by atoms with Gasteiger partial charge in [0.25, 0.3) is 0 Å². The van der Waals surface area contributed by atoms with Crippen LogP contribution in [0.3, 0.4) is 0 Å². The first-order valence-electron chi connectivity index (χ1n) is 15.5. The Labute approximate surface area is 287 Å². The van der Waals surface area contributed by atoms with Crippen LogP contribution in [0.5, 0.6) is 5.75 Å². The largest absolute Gasteiger partial charge is 0.519 e. The van der Waals surface area contributed by atoms with Gasteiger partial charge in [-0.25, -0.2) is 18.8 Å². The highest BCUT2D eigenvalue weighted by Gasteiger charge is 2.35. The van der Waals surface area contributed by atoms with Crippen molar-refractivity contribution in [2.45, 2.75) is 38.5 Å². The third kappa shape index (κ3) is 7.23. The SMILES string of the molecule is COc1c(N2CCN(C(=O)OCc3oc(=O)oc3-c3ccc(P(=O)(O)CP(=O)(O)O)cc3)C(C)C2)c(F)cc2c(=O)c(C(=O)O)cn(C3CC3)c12. The van der Waals surface area contributed by atoms with Crippen molar-refractivity contribution in [2.24, 2.45) is 0 Å². The Morgan fingerprint density at radius 3 is 2.33 bits per heavy atom. The van der Waals surface area contributed by atoms with E-state index in [4.69, 9.17) is 28.1 Å². The van der Waals surface area contributed by atoms with Gasteiger partial charge in [-0.2, -0.15) is 0 Å². The summed E-state index contributed by atoms with van der Waals surface area (Å²) in [6.45, 7) is 1.45. The molecule has 3 heterocycles. The molecule has 17 nitrogen and oxygen atoms in total. The average Bonchev–Trinajstić information content (AvgIpc) is 3.83. The van der Waals surface area contributed by atoms with E-state index >= 15 is 4.39 Å². The molecule has 2 aliphatic rings. The maximum absolute atomic E-state index is 15.8. The molecule has 0 radical (unpaired) electrons. The molecule has 4 N–H and O–H groups in total. The highest BCUT2D eigenvalue weighted by atomic mass is 31.2. The minimum Gasteiger partial charge on any atom is -0.492 e. The first kappa shape index (κ1) is 36.1. The second kappa shape index (κ2) is 13.4. The van der Waals surface area contributed by atoms with Gasteiger partial charge < -0.3 is 52.5 Å². The van der Waals surface area contributed by atoms with Crippen LogP contribution in [0.2, 0.25) is 0 Å². The monoisotopic (exact) mass is 751 g/mol. The molecule has 1 amide bonds. The molecule has 1 saturated carbocycles. The van der Waals surface area contributed by atoms with E-state index in [0.29, 0.717) is 0 Å². The number of methoxy groups -OCH3 is 1. The summed E-state index contributed by atoms with van der Waals surface area (Å²) < 4.78 is 62.4. The number of carbonyl (C=O) groups is 2. The Morgan fingerprint density at radius 1 is 1.06 bits per heavy atom. The molecule has 2 aromatic heterocycles. The zero-order valence-corrected chi connectivity index (χ0v) is 28.8. The molecule has 6 rings (SSSR count). The number of hydrogen-bond acceptors (Lipinski definition) is 11. The number of nitrogens with zero attached hydrogens (tertiary/aromatic N) is 3. The van der Waals surface area contributed by atoms with Gasteiger partial charge in [-0.05, 0) is 38.0 Å². The third-order valence-corrected chi connectivity index (χ3v) is 12.7. The van der Waals surface area contributed by atoms with Crippen LogP contribution >= 0.6 is 15.0 Å². The standard InChI is InChI=1S/C31H32FN3O14P2/c1-16-12-33(25-22(32)11-20-24(28(25)46-2)35(18-5-6-18)13-21(26(20)36)29(37)38)9-10-34(16)30(39)47-14-23-27(49-31(40)48-23)17-3-7-19(8-4-17)50(41,42)15-51(43,44)45/h3-4,7-8,11,13,16,18H,5-6,9-10,12,14-15H2,1-2H3,(H,37,38)(H,41,42)(H2,43,44,45). The number of rotatable bonds is 10. The number of piperazine rings is 1. The highest BCUT2D eigenvalue weighted by Crippen LogP contribution is 2.54. The first-order valence-corrected chi connectivity index (χ1v) is 19.1. The number of aromatic nitrogens is 1. The summed E-state index contributed by atoms with van der Waals surface area (Å²) in [6.07, 6.45) is 1.96. The van der Waals surface area contributed by atoms with Crippen LogP contribution in [0.15, 0.2) is 55.0 Å². The zero-order chi connectivity index (χ0) is 37.0. The van der Waals surface area contributed by atoms with Crippen LogP contribution in [-0.2, 0) is 20.5 Å². The number of amides is 1. The topological polar surface area (TPSA) is 239 Å². The van der Waals surface area contributed by atoms with E-state index < -0.39 is 68.2 Å². The van der Waals surface area contributed by atoms with Gasteiger partial charge in [-0.15, -0.1) is 0 Å². The molecule has 4 aromatic rings. The minimum absolute atomic E-state index is 0.0526. The maximum atomic E-state index is 15.8. The fourth-order valence-corrected chi connectivity index (χ4v) is 9.43. The molecule has 2 unspecified atom stereocenters. The lowest BCUT2D eigenvalue weighted by atomic mass is 10.1. The molecule has 20 heteroatoms. The number of carboxylic acids is 1. The number of halogens is 1. The normalized spacial score (nSPS) is 17.7. The van der Waals surface area contributed by atoms with E-state index in [9.17, 15) is 38.3 Å². The van der Waals surface area contributed by atoms with Gasteiger partial charge in [0.05, 0.1) is 18.0 Å². The van der Waals surface area contributed by atoms with E-state index in [0.717, 1.165) is 31.0 Å². The molecule has 2 aromatic carbocycles. The van der Waals surface area contributed by atoms with E-state index in [1.807, 2.05) is 0 Å². The van der Waals surface area contributed by atoms with Gasteiger partial charge in [-0.1, -0.05) is 12.1 Å². The molecular weight excluding hydrogens is 719 g/mol. The van der Waals surface area contributed by atoms with Crippen LogP contribution in [0.1, 0.15) is 41.9 Å². The van der Waals surface area contributed by atoms with E-state index in [-0.39, 0.29) is 70.4 Å². The summed E-state index contributed by atoms with van der Waals surface area (Å²) in [6, 6.07) is 5.21. The number of anilines is 1. The van der Waals surface area contributed by atoms with Crippen molar-refractivity contribution in [2.75, 3.05) is 37.5 Å². The van der Waals surface area contributed by atoms with E-state index in [1.54, 1.807) is 16.4 Å². The number of benzene rings is 2. The van der Waals surface area contributed by atoms with E-state index in [2.05, 4.69) is 0 Å². The van der Waals surface area contributed by atoms with Gasteiger partial charge >= 0.3 is 25.5 Å². The van der Waals surface area contributed by atoms with Crippen LogP contribution in [0.4, 0.5) is 14.9 Å². The summed E-state index contributed by atoms with van der Waals surface area (Å²) >= 11 is 0. The van der Waals surface area contributed by atoms with Crippen LogP contribution in [0, 0.1) is 5.82 Å². The van der Waals surface area contributed by atoms with Crippen molar-refractivity contribution in [3.05, 3.63) is 74.5 Å². The van der Waals surface area contributed by atoms with Crippen molar-refractivity contribution in [3.63, 3.8) is 0 Å². The predicted octanol–water partition coefficient (Wildman–Crippen LogP) is 3.27. The fraction of sp³-hybridized carbons (Fsp3) is 0.355. The van der Waals surface area contributed by atoms with Crippen LogP contribution in [0.25, 0.3) is 22.2 Å². The highest BCUT2D eigenvalue weighted by molar-refractivity contribution is 7.77. The molecule has 1 saturated heterocycles. The number of carbonyl (C=O) groups excluding carboxylic acids is 1. The maximum Gasteiger partial charge on any atom is 0.519 e. The Kier molecular flexibility index (Phi) is 9.50. The second-order valence-electron chi connectivity index (χ2n) is 12.3. The second-order valence-corrected chi connectivity index (χ2v) is 16.6. The number of ether oxygens (including phenoxy) is 2. The van der Waals surface area contributed by atoms with Crippen molar-refractivity contribution >= 4 is 48.9 Å². The molecule has 51 heavy (non-hydrogen) atoms. The lowest BCUT2D eigenvalue weighted by Gasteiger charge is -2.40. The Bertz CT molecular complexity index is 2260. The molecule has 1 aliphatic carbocycles.